The number of pyridine rings is 1. The van der Waals surface area contributed by atoms with Gasteiger partial charge in [0.2, 0.25) is 0 Å². The van der Waals surface area contributed by atoms with E-state index in [0.29, 0.717) is 5.88 Å². The highest BCUT2D eigenvalue weighted by Crippen LogP contribution is 2.25. The highest BCUT2D eigenvalue weighted by Gasteiger charge is 2.16. The fraction of sp³-hybridized carbons (Fsp3) is 0.667. The Hall–Kier alpha value is -0.760. The Bertz CT molecular complexity index is 386. The zero-order chi connectivity index (χ0) is 13.0. The second kappa shape index (κ2) is 6.42. The Morgan fingerprint density at radius 2 is 2.00 bits per heavy atom. The van der Waals surface area contributed by atoms with Crippen LogP contribution in [0.1, 0.15) is 43.4 Å². The smallest absolute Gasteiger partial charge is 0.128 e. The molecule has 2 rings (SSSR count). The van der Waals surface area contributed by atoms with E-state index >= 15 is 0 Å². The summed E-state index contributed by atoms with van der Waals surface area (Å²) in [6.45, 7) is 3.17. The largest absolute Gasteiger partial charge is 0.359 e. The molecule has 0 unspecified atom stereocenters. The van der Waals surface area contributed by atoms with Crippen molar-refractivity contribution in [3.63, 3.8) is 0 Å². The molecule has 1 fully saturated rings. The van der Waals surface area contributed by atoms with Gasteiger partial charge in [-0.25, -0.2) is 4.98 Å². The van der Waals surface area contributed by atoms with Crippen molar-refractivity contribution >= 4 is 17.4 Å². The maximum absolute atomic E-state index is 5.87. The quantitative estimate of drug-likeness (QED) is 0.762. The minimum absolute atomic E-state index is 0.547. The van der Waals surface area contributed by atoms with Crippen molar-refractivity contribution in [1.29, 1.82) is 0 Å². The summed E-state index contributed by atoms with van der Waals surface area (Å²) in [7, 11) is 2.15. The SMILES string of the molecule is Cc1nc(N(C)CC2CCCCC2)ccc1CCl. The predicted octanol–water partition coefficient (Wildman–Crippen LogP) is 4.15. The minimum atomic E-state index is 0.547. The average Bonchev–Trinajstić information content (AvgIpc) is 2.39. The van der Waals surface area contributed by atoms with Crippen molar-refractivity contribution in [3.8, 4) is 0 Å². The van der Waals surface area contributed by atoms with E-state index in [1.165, 1.54) is 32.1 Å². The summed E-state index contributed by atoms with van der Waals surface area (Å²) in [4.78, 5) is 6.94. The van der Waals surface area contributed by atoms with Crippen LogP contribution >= 0.6 is 11.6 Å². The number of hydrogen-bond donors (Lipinski definition) is 0. The molecule has 0 aliphatic heterocycles. The van der Waals surface area contributed by atoms with Gasteiger partial charge in [-0.1, -0.05) is 25.3 Å². The van der Waals surface area contributed by atoms with Gasteiger partial charge in [-0.2, -0.15) is 0 Å². The van der Waals surface area contributed by atoms with Gasteiger partial charge in [0.15, 0.2) is 0 Å². The number of alkyl halides is 1. The molecule has 0 saturated heterocycles. The third kappa shape index (κ3) is 3.38. The third-order valence-corrected chi connectivity index (χ3v) is 4.26. The van der Waals surface area contributed by atoms with Crippen LogP contribution in [0, 0.1) is 12.8 Å². The van der Waals surface area contributed by atoms with Crippen molar-refractivity contribution in [2.75, 3.05) is 18.5 Å². The van der Waals surface area contributed by atoms with E-state index in [9.17, 15) is 0 Å². The Kier molecular flexibility index (Phi) is 4.87. The lowest BCUT2D eigenvalue weighted by atomic mass is 9.89. The molecule has 0 N–H and O–H groups in total. The topological polar surface area (TPSA) is 16.1 Å². The van der Waals surface area contributed by atoms with Gasteiger partial charge in [-0.15, -0.1) is 11.6 Å². The number of aromatic nitrogens is 1. The normalized spacial score (nSPS) is 16.8. The van der Waals surface area contributed by atoms with E-state index in [2.05, 4.69) is 29.1 Å². The molecule has 0 amide bonds. The van der Waals surface area contributed by atoms with Gasteiger partial charge < -0.3 is 4.90 Å². The molecule has 18 heavy (non-hydrogen) atoms. The van der Waals surface area contributed by atoms with Crippen molar-refractivity contribution < 1.29 is 0 Å². The van der Waals surface area contributed by atoms with Crippen LogP contribution in [0.5, 0.6) is 0 Å². The van der Waals surface area contributed by atoms with Gasteiger partial charge in [0.05, 0.1) is 0 Å². The number of anilines is 1. The molecule has 1 saturated carbocycles. The van der Waals surface area contributed by atoms with E-state index in [1.807, 2.05) is 6.92 Å². The standard InChI is InChI=1S/C15H23ClN2/c1-12-14(10-16)8-9-15(17-12)18(2)11-13-6-4-3-5-7-13/h8-9,13H,3-7,10-11H2,1-2H3. The fourth-order valence-corrected chi connectivity index (χ4v) is 3.06. The van der Waals surface area contributed by atoms with Gasteiger partial charge in [-0.05, 0) is 37.3 Å². The number of rotatable bonds is 4. The van der Waals surface area contributed by atoms with Crippen LogP contribution < -0.4 is 4.90 Å². The molecule has 1 heterocycles. The summed E-state index contributed by atoms with van der Waals surface area (Å²) in [5.74, 6) is 2.47. The summed E-state index contributed by atoms with van der Waals surface area (Å²) in [6.07, 6.45) is 6.97. The van der Waals surface area contributed by atoms with Gasteiger partial charge in [0.25, 0.3) is 0 Å². The maximum Gasteiger partial charge on any atom is 0.128 e. The fourth-order valence-electron chi connectivity index (χ4n) is 2.78. The first-order valence-corrected chi connectivity index (χ1v) is 7.48. The lowest BCUT2D eigenvalue weighted by Gasteiger charge is -2.28. The zero-order valence-electron chi connectivity index (χ0n) is 11.5. The monoisotopic (exact) mass is 266 g/mol. The Labute approximate surface area is 115 Å². The molecule has 2 nitrogen and oxygen atoms in total. The Morgan fingerprint density at radius 3 is 2.61 bits per heavy atom. The molecule has 1 aromatic rings. The molecular formula is C15H23ClN2. The first-order valence-electron chi connectivity index (χ1n) is 6.94. The minimum Gasteiger partial charge on any atom is -0.359 e. The van der Waals surface area contributed by atoms with Crippen molar-refractivity contribution in [2.24, 2.45) is 5.92 Å². The predicted molar refractivity (Wildman–Crippen MR) is 78.4 cm³/mol. The summed E-state index contributed by atoms with van der Waals surface area (Å²) < 4.78 is 0. The van der Waals surface area contributed by atoms with Gasteiger partial charge in [-0.3, -0.25) is 0 Å². The van der Waals surface area contributed by atoms with Crippen LogP contribution in [-0.2, 0) is 5.88 Å². The van der Waals surface area contributed by atoms with Gasteiger partial charge >= 0.3 is 0 Å². The molecule has 0 radical (unpaired) electrons. The number of nitrogens with zero attached hydrogens (tertiary/aromatic N) is 2. The first-order chi connectivity index (χ1) is 8.70. The van der Waals surface area contributed by atoms with Crippen LogP contribution in [0.4, 0.5) is 5.82 Å². The molecule has 3 heteroatoms. The lowest BCUT2D eigenvalue weighted by molar-refractivity contribution is 0.361. The van der Waals surface area contributed by atoms with Crippen molar-refractivity contribution in [3.05, 3.63) is 23.4 Å². The molecule has 100 valence electrons. The lowest BCUT2D eigenvalue weighted by Crippen LogP contribution is -2.27. The Balaban J connectivity index is 1.99. The van der Waals surface area contributed by atoms with Crippen LogP contribution in [0.25, 0.3) is 0 Å². The summed E-state index contributed by atoms with van der Waals surface area (Å²) in [5, 5.41) is 0. The van der Waals surface area contributed by atoms with Crippen LogP contribution in [0.15, 0.2) is 12.1 Å². The molecule has 0 spiro atoms. The second-order valence-corrected chi connectivity index (χ2v) is 5.70. The average molecular weight is 267 g/mol. The number of halogens is 1. The van der Waals surface area contributed by atoms with E-state index < -0.39 is 0 Å². The highest BCUT2D eigenvalue weighted by atomic mass is 35.5. The highest BCUT2D eigenvalue weighted by molar-refractivity contribution is 6.17. The molecular weight excluding hydrogens is 244 g/mol. The maximum atomic E-state index is 5.87. The van der Waals surface area contributed by atoms with Gasteiger partial charge in [0, 0.05) is 25.2 Å². The van der Waals surface area contributed by atoms with E-state index in [1.54, 1.807) is 0 Å². The Morgan fingerprint density at radius 1 is 1.28 bits per heavy atom. The molecule has 1 aromatic heterocycles. The third-order valence-electron chi connectivity index (χ3n) is 3.97. The first kappa shape index (κ1) is 13.7. The molecule has 0 aromatic carbocycles. The van der Waals surface area contributed by atoms with Crippen molar-refractivity contribution in [2.45, 2.75) is 44.9 Å². The molecule has 1 aliphatic rings. The summed E-state index contributed by atoms with van der Waals surface area (Å²) >= 11 is 5.87. The number of hydrogen-bond acceptors (Lipinski definition) is 2. The van der Waals surface area contributed by atoms with Crippen LogP contribution in [0.3, 0.4) is 0 Å². The van der Waals surface area contributed by atoms with Crippen molar-refractivity contribution in [1.82, 2.24) is 4.98 Å². The van der Waals surface area contributed by atoms with E-state index in [-0.39, 0.29) is 0 Å². The molecule has 0 atom stereocenters. The van der Waals surface area contributed by atoms with E-state index in [4.69, 9.17) is 11.6 Å². The van der Waals surface area contributed by atoms with Crippen LogP contribution in [0.2, 0.25) is 0 Å². The molecule has 1 aliphatic carbocycles. The molecule has 0 bridgehead atoms. The zero-order valence-corrected chi connectivity index (χ0v) is 12.2. The summed E-state index contributed by atoms with van der Waals surface area (Å²) in [5.41, 5.74) is 2.18. The second-order valence-electron chi connectivity index (χ2n) is 5.43. The number of aryl methyl sites for hydroxylation is 1. The van der Waals surface area contributed by atoms with Gasteiger partial charge in [0.1, 0.15) is 5.82 Å². The van der Waals surface area contributed by atoms with Crippen LogP contribution in [-0.4, -0.2) is 18.6 Å². The summed E-state index contributed by atoms with van der Waals surface area (Å²) in [6, 6.07) is 4.19. The van der Waals surface area contributed by atoms with E-state index in [0.717, 1.165) is 29.5 Å².